The van der Waals surface area contributed by atoms with Crippen molar-refractivity contribution < 1.29 is 5.11 Å². The molecule has 0 aliphatic heterocycles. The molecular formula is C14H15N3O. The number of benzene rings is 1. The van der Waals surface area contributed by atoms with E-state index in [1.54, 1.807) is 6.07 Å². The molecule has 0 radical (unpaired) electrons. The number of hydrogen-bond donors (Lipinski definition) is 2. The molecule has 1 aromatic carbocycles. The van der Waals surface area contributed by atoms with Gasteiger partial charge in [-0.2, -0.15) is 5.26 Å². The minimum atomic E-state index is -0.0117. The predicted octanol–water partition coefficient (Wildman–Crippen LogP) is 2.29. The molecule has 0 spiro atoms. The Hall–Kier alpha value is -2.12. The summed E-state index contributed by atoms with van der Waals surface area (Å²) in [4.78, 5) is 4.25. The van der Waals surface area contributed by atoms with Crippen molar-refractivity contribution in [1.29, 1.82) is 5.26 Å². The average Bonchev–Trinajstić information content (AvgIpc) is 2.44. The van der Waals surface area contributed by atoms with E-state index in [2.05, 4.69) is 16.4 Å². The van der Waals surface area contributed by atoms with Crippen LogP contribution in [0.2, 0.25) is 0 Å². The Morgan fingerprint density at radius 3 is 2.89 bits per heavy atom. The molecule has 1 heterocycles. The molecule has 92 valence electrons. The van der Waals surface area contributed by atoms with E-state index in [1.165, 1.54) is 0 Å². The van der Waals surface area contributed by atoms with Crippen LogP contribution in [0.1, 0.15) is 19.0 Å². The number of fused-ring (bicyclic) bond motifs is 1. The van der Waals surface area contributed by atoms with Crippen LogP contribution in [0.5, 0.6) is 0 Å². The molecule has 0 amide bonds. The topological polar surface area (TPSA) is 68.9 Å². The van der Waals surface area contributed by atoms with Gasteiger partial charge in [0.05, 0.1) is 12.1 Å². The van der Waals surface area contributed by atoms with Crippen molar-refractivity contribution in [3.63, 3.8) is 0 Å². The highest BCUT2D eigenvalue weighted by Gasteiger charge is 2.09. The second-order valence-electron chi connectivity index (χ2n) is 4.12. The summed E-state index contributed by atoms with van der Waals surface area (Å²) in [5, 5.41) is 22.4. The Kier molecular flexibility index (Phi) is 3.75. The van der Waals surface area contributed by atoms with Gasteiger partial charge in [-0.25, -0.2) is 4.98 Å². The van der Waals surface area contributed by atoms with Crippen LogP contribution < -0.4 is 5.32 Å². The second kappa shape index (κ2) is 5.48. The Balaban J connectivity index is 2.50. The first-order valence-corrected chi connectivity index (χ1v) is 5.95. The highest BCUT2D eigenvalue weighted by molar-refractivity contribution is 5.91. The third-order valence-electron chi connectivity index (χ3n) is 2.90. The van der Waals surface area contributed by atoms with Crippen LogP contribution in [0.3, 0.4) is 0 Å². The van der Waals surface area contributed by atoms with Gasteiger partial charge in [0, 0.05) is 17.1 Å². The lowest BCUT2D eigenvalue weighted by atomic mass is 10.1. The van der Waals surface area contributed by atoms with E-state index in [4.69, 9.17) is 5.26 Å². The lowest BCUT2D eigenvalue weighted by molar-refractivity contribution is 0.272. The molecule has 0 unspecified atom stereocenters. The van der Waals surface area contributed by atoms with Gasteiger partial charge in [-0.1, -0.05) is 25.1 Å². The number of hydrogen-bond acceptors (Lipinski definition) is 4. The van der Waals surface area contributed by atoms with E-state index in [-0.39, 0.29) is 12.6 Å². The zero-order chi connectivity index (χ0) is 13.0. The zero-order valence-electron chi connectivity index (χ0n) is 10.2. The molecule has 0 bridgehead atoms. The van der Waals surface area contributed by atoms with E-state index >= 15 is 0 Å². The van der Waals surface area contributed by atoms with E-state index in [9.17, 15) is 5.11 Å². The van der Waals surface area contributed by atoms with E-state index in [1.807, 2.05) is 31.2 Å². The van der Waals surface area contributed by atoms with Gasteiger partial charge in [-0.05, 0) is 18.6 Å². The molecule has 0 fully saturated rings. The standard InChI is InChI=1S/C14H15N3O/c1-2-10(9-18)16-14-7-11(8-15)17-13-6-4-3-5-12(13)14/h3-7,10,18H,2,9H2,1H3,(H,16,17)/t10-/m0/s1. The minimum Gasteiger partial charge on any atom is -0.394 e. The van der Waals surface area contributed by atoms with Crippen molar-refractivity contribution >= 4 is 16.6 Å². The summed E-state index contributed by atoms with van der Waals surface area (Å²) in [6, 6.07) is 11.4. The monoisotopic (exact) mass is 241 g/mol. The van der Waals surface area contributed by atoms with Crippen LogP contribution in [0.4, 0.5) is 5.69 Å². The zero-order valence-corrected chi connectivity index (χ0v) is 10.2. The maximum absolute atomic E-state index is 9.24. The summed E-state index contributed by atoms with van der Waals surface area (Å²) < 4.78 is 0. The highest BCUT2D eigenvalue weighted by atomic mass is 16.3. The van der Waals surface area contributed by atoms with E-state index < -0.39 is 0 Å². The predicted molar refractivity (Wildman–Crippen MR) is 71.2 cm³/mol. The Bertz CT molecular complexity index is 585. The molecule has 1 atom stereocenters. The van der Waals surface area contributed by atoms with Crippen molar-refractivity contribution in [2.45, 2.75) is 19.4 Å². The molecule has 2 N–H and O–H groups in total. The molecule has 0 aliphatic rings. The van der Waals surface area contributed by atoms with Crippen LogP contribution >= 0.6 is 0 Å². The van der Waals surface area contributed by atoms with Crippen LogP contribution in [-0.2, 0) is 0 Å². The van der Waals surface area contributed by atoms with Gasteiger partial charge in [0.2, 0.25) is 0 Å². The minimum absolute atomic E-state index is 0.0117. The number of anilines is 1. The lowest BCUT2D eigenvalue weighted by Gasteiger charge is -2.17. The third kappa shape index (κ3) is 2.41. The summed E-state index contributed by atoms with van der Waals surface area (Å²) in [5.41, 5.74) is 2.01. The first kappa shape index (κ1) is 12.3. The van der Waals surface area contributed by atoms with Crippen LogP contribution in [0, 0.1) is 11.3 Å². The Morgan fingerprint density at radius 1 is 1.44 bits per heavy atom. The SMILES string of the molecule is CC[C@@H](CO)Nc1cc(C#N)nc2ccccc12. The molecule has 1 aromatic heterocycles. The highest BCUT2D eigenvalue weighted by Crippen LogP contribution is 2.23. The van der Waals surface area contributed by atoms with Gasteiger partial charge in [0.25, 0.3) is 0 Å². The van der Waals surface area contributed by atoms with Crippen LogP contribution in [0.25, 0.3) is 10.9 Å². The van der Waals surface area contributed by atoms with Crippen LogP contribution in [-0.4, -0.2) is 22.7 Å². The molecule has 2 rings (SSSR count). The van der Waals surface area contributed by atoms with Crippen molar-refractivity contribution in [2.75, 3.05) is 11.9 Å². The first-order chi connectivity index (χ1) is 8.78. The molecule has 4 nitrogen and oxygen atoms in total. The number of nitriles is 1. The van der Waals surface area contributed by atoms with Crippen molar-refractivity contribution in [3.8, 4) is 6.07 Å². The Morgan fingerprint density at radius 2 is 2.22 bits per heavy atom. The van der Waals surface area contributed by atoms with E-state index in [0.717, 1.165) is 23.0 Å². The number of aliphatic hydroxyl groups is 1. The maximum Gasteiger partial charge on any atom is 0.143 e. The summed E-state index contributed by atoms with van der Waals surface area (Å²) >= 11 is 0. The van der Waals surface area contributed by atoms with Crippen molar-refractivity contribution in [2.24, 2.45) is 0 Å². The molecule has 18 heavy (non-hydrogen) atoms. The largest absolute Gasteiger partial charge is 0.394 e. The fourth-order valence-electron chi connectivity index (χ4n) is 1.85. The van der Waals surface area contributed by atoms with Gasteiger partial charge in [-0.3, -0.25) is 0 Å². The number of nitrogens with one attached hydrogen (secondary N) is 1. The van der Waals surface area contributed by atoms with Crippen molar-refractivity contribution in [3.05, 3.63) is 36.0 Å². The summed E-state index contributed by atoms with van der Waals surface area (Å²) in [5.74, 6) is 0. The molecule has 0 saturated heterocycles. The molecular weight excluding hydrogens is 226 g/mol. The van der Waals surface area contributed by atoms with Gasteiger partial charge < -0.3 is 10.4 Å². The number of para-hydroxylation sites is 1. The van der Waals surface area contributed by atoms with Gasteiger partial charge >= 0.3 is 0 Å². The fourth-order valence-corrected chi connectivity index (χ4v) is 1.85. The van der Waals surface area contributed by atoms with Crippen LogP contribution in [0.15, 0.2) is 30.3 Å². The molecule has 4 heteroatoms. The van der Waals surface area contributed by atoms with E-state index in [0.29, 0.717) is 5.69 Å². The molecule has 2 aromatic rings. The second-order valence-corrected chi connectivity index (χ2v) is 4.12. The first-order valence-electron chi connectivity index (χ1n) is 5.95. The maximum atomic E-state index is 9.24. The normalized spacial score (nSPS) is 12.1. The number of pyridine rings is 1. The average molecular weight is 241 g/mol. The van der Waals surface area contributed by atoms with Gasteiger partial charge in [0.1, 0.15) is 11.8 Å². The number of rotatable bonds is 4. The van der Waals surface area contributed by atoms with Crippen molar-refractivity contribution in [1.82, 2.24) is 4.98 Å². The quantitative estimate of drug-likeness (QED) is 0.861. The number of aromatic nitrogens is 1. The lowest BCUT2D eigenvalue weighted by Crippen LogP contribution is -2.22. The van der Waals surface area contributed by atoms with Gasteiger partial charge in [0.15, 0.2) is 0 Å². The summed E-state index contributed by atoms with van der Waals surface area (Å²) in [7, 11) is 0. The fraction of sp³-hybridized carbons (Fsp3) is 0.286. The number of nitrogens with zero attached hydrogens (tertiary/aromatic N) is 2. The molecule has 0 aliphatic carbocycles. The smallest absolute Gasteiger partial charge is 0.143 e. The number of aliphatic hydroxyl groups excluding tert-OH is 1. The Labute approximate surface area is 106 Å². The van der Waals surface area contributed by atoms with Gasteiger partial charge in [-0.15, -0.1) is 0 Å². The summed E-state index contributed by atoms with van der Waals surface area (Å²) in [6.45, 7) is 2.07. The molecule has 0 saturated carbocycles. The third-order valence-corrected chi connectivity index (χ3v) is 2.90. The summed E-state index contributed by atoms with van der Waals surface area (Å²) in [6.07, 6.45) is 0.815.